The van der Waals surface area contributed by atoms with E-state index in [1.165, 1.54) is 22.7 Å². The van der Waals surface area contributed by atoms with E-state index in [1.807, 2.05) is 17.5 Å². The first-order chi connectivity index (χ1) is 7.88. The number of hydrogen-bond donors (Lipinski definition) is 1. The molecule has 1 aromatic heterocycles. The van der Waals surface area contributed by atoms with E-state index >= 15 is 0 Å². The SMILES string of the molecule is CCc1cnc(CCNC2CCCOC2)s1. The number of aromatic nitrogens is 1. The highest BCUT2D eigenvalue weighted by atomic mass is 32.1. The van der Waals surface area contributed by atoms with Crippen LogP contribution in [0.4, 0.5) is 0 Å². The van der Waals surface area contributed by atoms with Crippen LogP contribution < -0.4 is 5.32 Å². The van der Waals surface area contributed by atoms with Crippen LogP contribution in [0.1, 0.15) is 29.7 Å². The van der Waals surface area contributed by atoms with Gasteiger partial charge in [0.1, 0.15) is 0 Å². The Hall–Kier alpha value is -0.450. The van der Waals surface area contributed by atoms with Crippen molar-refractivity contribution in [3.05, 3.63) is 16.1 Å². The Labute approximate surface area is 101 Å². The monoisotopic (exact) mass is 240 g/mol. The summed E-state index contributed by atoms with van der Waals surface area (Å²) in [5.41, 5.74) is 0. The van der Waals surface area contributed by atoms with Crippen LogP contribution >= 0.6 is 11.3 Å². The zero-order valence-corrected chi connectivity index (χ0v) is 10.7. The maximum atomic E-state index is 5.43. The van der Waals surface area contributed by atoms with Crippen molar-refractivity contribution in [1.82, 2.24) is 10.3 Å². The van der Waals surface area contributed by atoms with Gasteiger partial charge < -0.3 is 10.1 Å². The van der Waals surface area contributed by atoms with E-state index < -0.39 is 0 Å². The molecule has 90 valence electrons. The van der Waals surface area contributed by atoms with Gasteiger partial charge in [0.2, 0.25) is 0 Å². The van der Waals surface area contributed by atoms with Crippen molar-refractivity contribution in [3.63, 3.8) is 0 Å². The van der Waals surface area contributed by atoms with E-state index in [4.69, 9.17) is 4.74 Å². The number of aryl methyl sites for hydroxylation is 1. The highest BCUT2D eigenvalue weighted by Crippen LogP contribution is 2.13. The number of thiazole rings is 1. The molecule has 0 bridgehead atoms. The molecule has 4 heteroatoms. The van der Waals surface area contributed by atoms with Crippen LogP contribution in [-0.2, 0) is 17.6 Å². The Balaban J connectivity index is 1.66. The lowest BCUT2D eigenvalue weighted by atomic mass is 10.1. The fourth-order valence-electron chi connectivity index (χ4n) is 1.91. The molecule has 2 rings (SSSR count). The molecular weight excluding hydrogens is 220 g/mol. The first kappa shape index (κ1) is 12.0. The van der Waals surface area contributed by atoms with Gasteiger partial charge in [-0.05, 0) is 19.3 Å². The van der Waals surface area contributed by atoms with Crippen molar-refractivity contribution >= 4 is 11.3 Å². The van der Waals surface area contributed by atoms with E-state index in [-0.39, 0.29) is 0 Å². The van der Waals surface area contributed by atoms with Crippen LogP contribution in [0, 0.1) is 0 Å². The number of nitrogens with one attached hydrogen (secondary N) is 1. The largest absolute Gasteiger partial charge is 0.380 e. The van der Waals surface area contributed by atoms with Gasteiger partial charge in [-0.25, -0.2) is 4.98 Å². The van der Waals surface area contributed by atoms with Crippen LogP contribution in [0.2, 0.25) is 0 Å². The maximum absolute atomic E-state index is 5.43. The minimum Gasteiger partial charge on any atom is -0.380 e. The van der Waals surface area contributed by atoms with Gasteiger partial charge in [-0.1, -0.05) is 6.92 Å². The smallest absolute Gasteiger partial charge is 0.0940 e. The number of hydrogen-bond acceptors (Lipinski definition) is 4. The average molecular weight is 240 g/mol. The van der Waals surface area contributed by atoms with E-state index in [1.54, 1.807) is 0 Å². The van der Waals surface area contributed by atoms with Gasteiger partial charge in [0.05, 0.1) is 11.6 Å². The molecule has 0 aromatic carbocycles. The molecule has 0 amide bonds. The summed E-state index contributed by atoms with van der Waals surface area (Å²) in [7, 11) is 0. The molecule has 0 spiro atoms. The van der Waals surface area contributed by atoms with Crippen LogP contribution in [0.3, 0.4) is 0 Å². The normalized spacial score (nSPS) is 21.2. The van der Waals surface area contributed by atoms with Gasteiger partial charge in [0, 0.05) is 36.7 Å². The van der Waals surface area contributed by atoms with Gasteiger partial charge in [-0.2, -0.15) is 0 Å². The van der Waals surface area contributed by atoms with E-state index in [0.29, 0.717) is 6.04 Å². The summed E-state index contributed by atoms with van der Waals surface area (Å²) < 4.78 is 5.43. The third kappa shape index (κ3) is 3.54. The highest BCUT2D eigenvalue weighted by Gasteiger charge is 2.12. The van der Waals surface area contributed by atoms with Crippen molar-refractivity contribution in [2.45, 2.75) is 38.6 Å². The fraction of sp³-hybridized carbons (Fsp3) is 0.750. The average Bonchev–Trinajstić information content (AvgIpc) is 2.78. The van der Waals surface area contributed by atoms with Gasteiger partial charge in [0.15, 0.2) is 0 Å². The molecule has 1 N–H and O–H groups in total. The molecule has 0 aliphatic carbocycles. The Morgan fingerprint density at radius 1 is 1.62 bits per heavy atom. The third-order valence-electron chi connectivity index (χ3n) is 2.88. The molecule has 1 aromatic rings. The Bertz CT molecular complexity index is 308. The van der Waals surface area contributed by atoms with Crippen molar-refractivity contribution < 1.29 is 4.74 Å². The summed E-state index contributed by atoms with van der Waals surface area (Å²) in [5, 5.41) is 4.79. The summed E-state index contributed by atoms with van der Waals surface area (Å²) >= 11 is 1.84. The Morgan fingerprint density at radius 2 is 2.56 bits per heavy atom. The minimum absolute atomic E-state index is 0.555. The van der Waals surface area contributed by atoms with Gasteiger partial charge >= 0.3 is 0 Å². The van der Waals surface area contributed by atoms with Crippen LogP contribution in [0.5, 0.6) is 0 Å². The molecule has 1 atom stereocenters. The lowest BCUT2D eigenvalue weighted by Gasteiger charge is -2.22. The maximum Gasteiger partial charge on any atom is 0.0940 e. The molecule has 0 radical (unpaired) electrons. The number of rotatable bonds is 5. The minimum atomic E-state index is 0.555. The predicted octanol–water partition coefficient (Wildman–Crippen LogP) is 2.02. The molecule has 1 unspecified atom stereocenters. The quantitative estimate of drug-likeness (QED) is 0.855. The molecule has 2 heterocycles. The Kier molecular flexibility index (Phi) is 4.75. The number of nitrogens with zero attached hydrogens (tertiary/aromatic N) is 1. The molecule has 0 saturated carbocycles. The summed E-state index contributed by atoms with van der Waals surface area (Å²) in [5.74, 6) is 0. The molecular formula is C12H20N2OS. The van der Waals surface area contributed by atoms with E-state index in [2.05, 4.69) is 17.2 Å². The fourth-order valence-corrected chi connectivity index (χ4v) is 2.77. The molecule has 1 aliphatic rings. The number of ether oxygens (including phenoxy) is 1. The van der Waals surface area contributed by atoms with Gasteiger partial charge in [0.25, 0.3) is 0 Å². The zero-order chi connectivity index (χ0) is 11.2. The lowest BCUT2D eigenvalue weighted by molar-refractivity contribution is 0.0707. The molecule has 1 fully saturated rings. The highest BCUT2D eigenvalue weighted by molar-refractivity contribution is 7.11. The first-order valence-electron chi connectivity index (χ1n) is 6.13. The van der Waals surface area contributed by atoms with E-state index in [0.717, 1.165) is 32.6 Å². The lowest BCUT2D eigenvalue weighted by Crippen LogP contribution is -2.37. The second-order valence-electron chi connectivity index (χ2n) is 4.19. The second-order valence-corrected chi connectivity index (χ2v) is 5.39. The zero-order valence-electron chi connectivity index (χ0n) is 9.87. The van der Waals surface area contributed by atoms with Crippen LogP contribution in [0.25, 0.3) is 0 Å². The molecule has 3 nitrogen and oxygen atoms in total. The summed E-state index contributed by atoms with van der Waals surface area (Å²) in [4.78, 5) is 5.80. The predicted molar refractivity (Wildman–Crippen MR) is 67.0 cm³/mol. The summed E-state index contributed by atoms with van der Waals surface area (Å²) in [6, 6.07) is 0.555. The van der Waals surface area contributed by atoms with Gasteiger partial charge in [-0.15, -0.1) is 11.3 Å². The van der Waals surface area contributed by atoms with Crippen molar-refractivity contribution in [2.75, 3.05) is 19.8 Å². The third-order valence-corrected chi connectivity index (χ3v) is 4.08. The van der Waals surface area contributed by atoms with Crippen molar-refractivity contribution in [3.8, 4) is 0 Å². The van der Waals surface area contributed by atoms with Gasteiger partial charge in [-0.3, -0.25) is 0 Å². The molecule has 1 aliphatic heterocycles. The van der Waals surface area contributed by atoms with Crippen molar-refractivity contribution in [2.24, 2.45) is 0 Å². The summed E-state index contributed by atoms with van der Waals surface area (Å²) in [6.07, 6.45) is 6.58. The van der Waals surface area contributed by atoms with Crippen molar-refractivity contribution in [1.29, 1.82) is 0 Å². The van der Waals surface area contributed by atoms with Crippen LogP contribution in [0.15, 0.2) is 6.20 Å². The molecule has 1 saturated heterocycles. The van der Waals surface area contributed by atoms with Crippen LogP contribution in [-0.4, -0.2) is 30.8 Å². The van der Waals surface area contributed by atoms with E-state index in [9.17, 15) is 0 Å². The molecule has 16 heavy (non-hydrogen) atoms. The first-order valence-corrected chi connectivity index (χ1v) is 6.95. The summed E-state index contributed by atoms with van der Waals surface area (Å²) in [6.45, 7) is 5.00. The topological polar surface area (TPSA) is 34.2 Å². The Morgan fingerprint density at radius 3 is 3.25 bits per heavy atom. The second kappa shape index (κ2) is 6.33. The standard InChI is InChI=1S/C12H20N2OS/c1-2-11-8-14-12(16-11)5-6-13-10-4-3-7-15-9-10/h8,10,13H,2-7,9H2,1H3.